The van der Waals surface area contributed by atoms with Crippen molar-refractivity contribution in [3.8, 4) is 0 Å². The van der Waals surface area contributed by atoms with Gasteiger partial charge in [0.2, 0.25) is 18.3 Å². The molecule has 2 aliphatic heterocycles. The van der Waals surface area contributed by atoms with Gasteiger partial charge in [-0.2, -0.15) is 0 Å². The number of carbonyl (C=O) groups excluding carboxylic acids is 1. The Morgan fingerprint density at radius 1 is 1.29 bits per heavy atom. The van der Waals surface area contributed by atoms with E-state index >= 15 is 0 Å². The number of fused-ring (bicyclic) bond motifs is 1. The van der Waals surface area contributed by atoms with Crippen LogP contribution in [0.3, 0.4) is 0 Å². The fourth-order valence-electron chi connectivity index (χ4n) is 2.35. The van der Waals surface area contributed by atoms with Gasteiger partial charge in [0.15, 0.2) is 6.10 Å². The molecule has 1 N–H and O–H groups in total. The molecule has 0 radical (unpaired) electrons. The van der Waals surface area contributed by atoms with Crippen molar-refractivity contribution in [1.29, 1.82) is 5.41 Å². The fourth-order valence-corrected chi connectivity index (χ4v) is 2.48. The number of alkyl halides is 3. The molecule has 0 spiro atoms. The molecular weight excluding hydrogens is 348 g/mol. The number of ether oxygens (including phenoxy) is 5. The number of rotatable bonds is 2. The SMILES string of the molecule is CO[C@@H]1[C@H]2OC(=O)O[C@@H]2C(OC(=N)C(Cl)(Cl)Cl)OC1(C)C. The monoisotopic (exact) mass is 361 g/mol. The van der Waals surface area contributed by atoms with Crippen molar-refractivity contribution < 1.29 is 28.5 Å². The van der Waals surface area contributed by atoms with Gasteiger partial charge < -0.3 is 23.7 Å². The van der Waals surface area contributed by atoms with Crippen LogP contribution in [0.25, 0.3) is 0 Å². The lowest BCUT2D eigenvalue weighted by Gasteiger charge is -2.45. The minimum atomic E-state index is -2.05. The summed E-state index contributed by atoms with van der Waals surface area (Å²) < 4.78 is 24.2. The Balaban J connectivity index is 2.22. The summed E-state index contributed by atoms with van der Waals surface area (Å²) >= 11 is 16.7. The summed E-state index contributed by atoms with van der Waals surface area (Å²) in [5, 5.41) is 7.59. The molecule has 0 aliphatic carbocycles. The Labute approximate surface area is 136 Å². The Kier molecular flexibility index (Phi) is 4.52. The van der Waals surface area contributed by atoms with Gasteiger partial charge in [0, 0.05) is 7.11 Å². The Morgan fingerprint density at radius 2 is 1.86 bits per heavy atom. The molecule has 120 valence electrons. The van der Waals surface area contributed by atoms with Crippen molar-refractivity contribution in [3.05, 3.63) is 0 Å². The second kappa shape index (κ2) is 5.62. The van der Waals surface area contributed by atoms with Gasteiger partial charge in [-0.1, -0.05) is 34.8 Å². The van der Waals surface area contributed by atoms with E-state index in [1.54, 1.807) is 13.8 Å². The second-order valence-corrected chi connectivity index (χ2v) is 7.39. The first-order valence-electron chi connectivity index (χ1n) is 5.96. The molecule has 0 amide bonds. The summed E-state index contributed by atoms with van der Waals surface area (Å²) in [6.45, 7) is 3.44. The van der Waals surface area contributed by atoms with Crippen LogP contribution >= 0.6 is 34.8 Å². The molecule has 2 aliphatic rings. The maximum absolute atomic E-state index is 11.4. The average molecular weight is 363 g/mol. The lowest BCUT2D eigenvalue weighted by Crippen LogP contribution is -2.62. The third-order valence-corrected chi connectivity index (χ3v) is 3.72. The van der Waals surface area contributed by atoms with E-state index in [1.807, 2.05) is 0 Å². The highest BCUT2D eigenvalue weighted by Crippen LogP contribution is 2.39. The zero-order valence-electron chi connectivity index (χ0n) is 11.4. The highest BCUT2D eigenvalue weighted by Gasteiger charge is 2.59. The molecule has 10 heteroatoms. The van der Waals surface area contributed by atoms with Crippen molar-refractivity contribution >= 4 is 46.9 Å². The molecule has 2 saturated heterocycles. The largest absolute Gasteiger partial charge is 0.509 e. The first kappa shape index (κ1) is 16.9. The van der Waals surface area contributed by atoms with Crippen molar-refractivity contribution in [2.75, 3.05) is 7.11 Å². The molecule has 0 aromatic carbocycles. The fraction of sp³-hybridized carbons (Fsp3) is 0.818. The number of halogens is 3. The molecule has 2 heterocycles. The van der Waals surface area contributed by atoms with Crippen LogP contribution in [0.4, 0.5) is 4.79 Å². The van der Waals surface area contributed by atoms with E-state index in [-0.39, 0.29) is 0 Å². The van der Waals surface area contributed by atoms with Crippen LogP contribution in [0, 0.1) is 5.41 Å². The summed E-state index contributed by atoms with van der Waals surface area (Å²) in [6.07, 6.45) is -4.27. The van der Waals surface area contributed by atoms with E-state index < -0.39 is 46.0 Å². The van der Waals surface area contributed by atoms with Crippen molar-refractivity contribution in [1.82, 2.24) is 0 Å². The standard InChI is InChI=1S/C11H14Cl3NO6/c1-10(2)6(17-3)4-5(19-9(16)18-4)7(21-10)20-8(15)11(12,13)14/h4-7,15H,1-3H3/t4-,5-,6+,7?/m0/s1. The number of nitrogens with one attached hydrogen (secondary N) is 1. The zero-order chi connectivity index (χ0) is 16.0. The molecule has 0 saturated carbocycles. The van der Waals surface area contributed by atoms with Gasteiger partial charge in [-0.05, 0) is 13.8 Å². The molecule has 4 atom stereocenters. The van der Waals surface area contributed by atoms with Crippen LogP contribution in [0.2, 0.25) is 0 Å². The topological polar surface area (TPSA) is 87.1 Å². The summed E-state index contributed by atoms with van der Waals surface area (Å²) in [6, 6.07) is 0. The Hall–Kier alpha value is -0.470. The van der Waals surface area contributed by atoms with Crippen molar-refractivity contribution in [3.63, 3.8) is 0 Å². The normalized spacial score (nSPS) is 34.7. The molecule has 0 bridgehead atoms. The molecule has 1 unspecified atom stereocenters. The Bertz CT molecular complexity index is 452. The second-order valence-electron chi connectivity index (χ2n) is 5.11. The van der Waals surface area contributed by atoms with Crippen LogP contribution in [0.5, 0.6) is 0 Å². The maximum atomic E-state index is 11.4. The number of carbonyl (C=O) groups is 1. The zero-order valence-corrected chi connectivity index (χ0v) is 13.7. The molecule has 2 rings (SSSR count). The smallest absolute Gasteiger partial charge is 0.444 e. The predicted octanol–water partition coefficient (Wildman–Crippen LogP) is 2.40. The maximum Gasteiger partial charge on any atom is 0.509 e. The number of hydrogen-bond acceptors (Lipinski definition) is 7. The number of hydrogen-bond donors (Lipinski definition) is 1. The Morgan fingerprint density at radius 3 is 2.38 bits per heavy atom. The van der Waals surface area contributed by atoms with E-state index in [1.165, 1.54) is 7.11 Å². The molecule has 0 aromatic heterocycles. The first-order chi connectivity index (χ1) is 9.56. The minimum absolute atomic E-state index is 0.573. The van der Waals surface area contributed by atoms with Crippen LogP contribution < -0.4 is 0 Å². The molecule has 21 heavy (non-hydrogen) atoms. The lowest BCUT2D eigenvalue weighted by atomic mass is 9.89. The molecule has 0 aromatic rings. The third kappa shape index (κ3) is 3.32. The quantitative estimate of drug-likeness (QED) is 0.351. The van der Waals surface area contributed by atoms with Crippen molar-refractivity contribution in [2.45, 2.75) is 47.8 Å². The van der Waals surface area contributed by atoms with Gasteiger partial charge >= 0.3 is 6.16 Å². The predicted molar refractivity (Wildman–Crippen MR) is 74.0 cm³/mol. The summed E-state index contributed by atoms with van der Waals surface area (Å²) in [5.74, 6) is -0.647. The minimum Gasteiger partial charge on any atom is -0.444 e. The van der Waals surface area contributed by atoms with E-state index in [9.17, 15) is 4.79 Å². The average Bonchev–Trinajstić information content (AvgIpc) is 2.68. The van der Waals surface area contributed by atoms with Crippen molar-refractivity contribution in [2.24, 2.45) is 0 Å². The van der Waals surface area contributed by atoms with E-state index in [0.29, 0.717) is 0 Å². The summed E-state index contributed by atoms with van der Waals surface area (Å²) in [4.78, 5) is 11.4. The van der Waals surface area contributed by atoms with Gasteiger partial charge in [0.25, 0.3) is 3.79 Å². The third-order valence-electron chi connectivity index (χ3n) is 3.21. The van der Waals surface area contributed by atoms with E-state index in [2.05, 4.69) is 0 Å². The van der Waals surface area contributed by atoms with Gasteiger partial charge in [0.1, 0.15) is 6.10 Å². The van der Waals surface area contributed by atoms with Gasteiger partial charge in [0.05, 0.1) is 5.60 Å². The number of methoxy groups -OCH3 is 1. The first-order valence-corrected chi connectivity index (χ1v) is 7.10. The molecular formula is C11H14Cl3NO6. The van der Waals surface area contributed by atoms with Gasteiger partial charge in [-0.15, -0.1) is 0 Å². The van der Waals surface area contributed by atoms with E-state index in [0.717, 1.165) is 0 Å². The van der Waals surface area contributed by atoms with E-state index in [4.69, 9.17) is 63.9 Å². The van der Waals surface area contributed by atoms with Crippen LogP contribution in [-0.2, 0) is 23.7 Å². The highest BCUT2D eigenvalue weighted by molar-refractivity contribution is 6.76. The molecule has 2 fully saturated rings. The lowest BCUT2D eigenvalue weighted by molar-refractivity contribution is -0.287. The summed E-state index contributed by atoms with van der Waals surface area (Å²) in [7, 11) is 1.46. The van der Waals surface area contributed by atoms with Gasteiger partial charge in [-0.25, -0.2) is 4.79 Å². The summed E-state index contributed by atoms with van der Waals surface area (Å²) in [5.41, 5.74) is -0.873. The van der Waals surface area contributed by atoms with Crippen LogP contribution in [0.1, 0.15) is 13.8 Å². The van der Waals surface area contributed by atoms with Crippen LogP contribution in [0.15, 0.2) is 0 Å². The van der Waals surface area contributed by atoms with Gasteiger partial charge in [-0.3, -0.25) is 5.41 Å². The highest BCUT2D eigenvalue weighted by atomic mass is 35.6. The molecule has 7 nitrogen and oxygen atoms in total. The van der Waals surface area contributed by atoms with Crippen LogP contribution in [-0.4, -0.2) is 53.2 Å².